The van der Waals surface area contributed by atoms with Gasteiger partial charge in [-0.3, -0.25) is 9.59 Å². The summed E-state index contributed by atoms with van der Waals surface area (Å²) in [4.78, 5) is 29.1. The van der Waals surface area contributed by atoms with Crippen LogP contribution in [0.1, 0.15) is 43.8 Å². The first kappa shape index (κ1) is 31.8. The van der Waals surface area contributed by atoms with Gasteiger partial charge in [0.1, 0.15) is 22.5 Å². The van der Waals surface area contributed by atoms with Gasteiger partial charge in [0.15, 0.2) is 9.84 Å². The van der Waals surface area contributed by atoms with E-state index in [1.807, 2.05) is 43.0 Å². The molecule has 234 valence electrons. The maximum absolute atomic E-state index is 13.8. The second-order valence-electron chi connectivity index (χ2n) is 11.7. The zero-order valence-electron chi connectivity index (χ0n) is 26.2. The van der Waals surface area contributed by atoms with Gasteiger partial charge in [-0.25, -0.2) is 8.42 Å². The van der Waals surface area contributed by atoms with Gasteiger partial charge in [0.25, 0.3) is 11.8 Å². The molecule has 2 amide bonds. The second kappa shape index (κ2) is 13.2. The Morgan fingerprint density at radius 1 is 0.911 bits per heavy atom. The third-order valence-electron chi connectivity index (χ3n) is 7.96. The Kier molecular flexibility index (Phi) is 9.29. The summed E-state index contributed by atoms with van der Waals surface area (Å²) in [6.07, 6.45) is 0.489. The summed E-state index contributed by atoms with van der Waals surface area (Å²) in [6, 6.07) is 25.0. The zero-order chi connectivity index (χ0) is 32.3. The summed E-state index contributed by atoms with van der Waals surface area (Å²) < 4.78 is 39.2. The molecule has 8 nitrogen and oxygen atoms in total. The van der Waals surface area contributed by atoms with Crippen molar-refractivity contribution in [3.05, 3.63) is 113 Å². The van der Waals surface area contributed by atoms with Crippen LogP contribution in [0.3, 0.4) is 0 Å². The minimum absolute atomic E-state index is 0.00523. The van der Waals surface area contributed by atoms with Crippen LogP contribution in [0.2, 0.25) is 0 Å². The minimum atomic E-state index is -3.84. The second-order valence-corrected chi connectivity index (χ2v) is 13.6. The van der Waals surface area contributed by atoms with Crippen LogP contribution in [0, 0.1) is 13.8 Å². The lowest BCUT2D eigenvalue weighted by molar-refractivity contribution is 0.0770. The largest absolute Gasteiger partial charge is 0.495 e. The number of likely N-dealkylation sites (tertiary alicyclic amines) is 1. The highest BCUT2D eigenvalue weighted by atomic mass is 32.2. The summed E-state index contributed by atoms with van der Waals surface area (Å²) in [5.74, 6) is 0.390. The molecule has 1 aliphatic heterocycles. The van der Waals surface area contributed by atoms with Crippen molar-refractivity contribution in [2.24, 2.45) is 0 Å². The molecule has 45 heavy (non-hydrogen) atoms. The standard InChI is InChI=1S/C36H38N2O6S/c1-24-12-13-25(2)32(18-24)36(40)38-17-16-31(22-38)44-30-11-6-8-26(19-30)23-45(41,42)34-21-28(14-15-33(34)43-5)27-9-7-10-29(20-27)35(39)37(3)4/h6-15,18-21,31H,16-17,22-23H2,1-5H3. The predicted molar refractivity (Wildman–Crippen MR) is 175 cm³/mol. The van der Waals surface area contributed by atoms with Gasteiger partial charge >= 0.3 is 0 Å². The van der Waals surface area contributed by atoms with Gasteiger partial charge in [0.2, 0.25) is 0 Å². The van der Waals surface area contributed by atoms with Crippen LogP contribution < -0.4 is 9.47 Å². The van der Waals surface area contributed by atoms with E-state index in [9.17, 15) is 18.0 Å². The molecule has 1 saturated heterocycles. The average molecular weight is 627 g/mol. The van der Waals surface area contributed by atoms with Crippen molar-refractivity contribution in [3.8, 4) is 22.6 Å². The maximum Gasteiger partial charge on any atom is 0.254 e. The fourth-order valence-corrected chi connectivity index (χ4v) is 7.07. The molecular weight excluding hydrogens is 588 g/mol. The smallest absolute Gasteiger partial charge is 0.254 e. The van der Waals surface area contributed by atoms with Crippen molar-refractivity contribution in [3.63, 3.8) is 0 Å². The van der Waals surface area contributed by atoms with E-state index in [1.165, 1.54) is 12.0 Å². The normalized spacial score (nSPS) is 14.7. The number of amides is 2. The Hall–Kier alpha value is -4.63. The zero-order valence-corrected chi connectivity index (χ0v) is 27.1. The fourth-order valence-electron chi connectivity index (χ4n) is 5.53. The third kappa shape index (κ3) is 7.20. The van der Waals surface area contributed by atoms with Gasteiger partial charge in [-0.1, -0.05) is 48.0 Å². The number of carbonyl (C=O) groups is 2. The number of nitrogens with zero attached hydrogens (tertiary/aromatic N) is 2. The molecule has 0 bridgehead atoms. The Morgan fingerprint density at radius 3 is 2.42 bits per heavy atom. The molecule has 1 aliphatic rings. The van der Waals surface area contributed by atoms with E-state index in [-0.39, 0.29) is 34.3 Å². The topological polar surface area (TPSA) is 93.2 Å². The number of rotatable bonds is 9. The number of aryl methyl sites for hydroxylation is 2. The highest BCUT2D eigenvalue weighted by Gasteiger charge is 2.29. The molecule has 9 heteroatoms. The van der Waals surface area contributed by atoms with Crippen molar-refractivity contribution in [1.82, 2.24) is 9.80 Å². The van der Waals surface area contributed by atoms with Crippen molar-refractivity contribution >= 4 is 21.7 Å². The van der Waals surface area contributed by atoms with E-state index in [4.69, 9.17) is 9.47 Å². The van der Waals surface area contributed by atoms with Crippen LogP contribution in [0.5, 0.6) is 11.5 Å². The Bertz CT molecular complexity index is 1850. The molecule has 4 aromatic rings. The predicted octanol–water partition coefficient (Wildman–Crippen LogP) is 5.95. The number of carbonyl (C=O) groups excluding carboxylic acids is 2. The average Bonchev–Trinajstić information content (AvgIpc) is 3.49. The lowest BCUT2D eigenvalue weighted by Crippen LogP contribution is -2.31. The Balaban J connectivity index is 1.32. The first-order chi connectivity index (χ1) is 21.4. The molecule has 0 radical (unpaired) electrons. The lowest BCUT2D eigenvalue weighted by Gasteiger charge is -2.19. The minimum Gasteiger partial charge on any atom is -0.495 e. The molecule has 4 aromatic carbocycles. The summed E-state index contributed by atoms with van der Waals surface area (Å²) in [5.41, 5.74) is 5.14. The number of hydrogen-bond acceptors (Lipinski definition) is 6. The monoisotopic (exact) mass is 626 g/mol. The SMILES string of the molecule is COc1ccc(-c2cccc(C(=O)N(C)C)c2)cc1S(=O)(=O)Cc1cccc(OC2CCN(C(=O)c3cc(C)ccc3C)C2)c1. The number of methoxy groups -OCH3 is 1. The molecule has 0 N–H and O–H groups in total. The molecule has 0 saturated carbocycles. The summed E-state index contributed by atoms with van der Waals surface area (Å²) in [5, 5.41) is 0. The number of sulfone groups is 1. The lowest BCUT2D eigenvalue weighted by atomic mass is 10.0. The number of ether oxygens (including phenoxy) is 2. The highest BCUT2D eigenvalue weighted by molar-refractivity contribution is 7.90. The van der Waals surface area contributed by atoms with E-state index in [2.05, 4.69) is 0 Å². The molecule has 0 aromatic heterocycles. The maximum atomic E-state index is 13.8. The molecule has 0 spiro atoms. The van der Waals surface area contributed by atoms with E-state index in [0.29, 0.717) is 47.5 Å². The molecule has 1 heterocycles. The van der Waals surface area contributed by atoms with Gasteiger partial charge in [0, 0.05) is 38.2 Å². The van der Waals surface area contributed by atoms with E-state index < -0.39 is 9.84 Å². The summed E-state index contributed by atoms with van der Waals surface area (Å²) in [7, 11) is 0.971. The molecule has 1 atom stereocenters. The van der Waals surface area contributed by atoms with Crippen molar-refractivity contribution in [1.29, 1.82) is 0 Å². The summed E-state index contributed by atoms with van der Waals surface area (Å²) >= 11 is 0. The van der Waals surface area contributed by atoms with Crippen LogP contribution in [0.4, 0.5) is 0 Å². The van der Waals surface area contributed by atoms with Crippen LogP contribution in [-0.4, -0.2) is 70.4 Å². The van der Waals surface area contributed by atoms with Crippen LogP contribution in [0.25, 0.3) is 11.1 Å². The first-order valence-corrected chi connectivity index (χ1v) is 16.5. The van der Waals surface area contributed by atoms with Gasteiger partial charge in [0.05, 0.1) is 19.4 Å². The molecule has 1 unspecified atom stereocenters. The van der Waals surface area contributed by atoms with Gasteiger partial charge in [-0.2, -0.15) is 0 Å². The summed E-state index contributed by atoms with van der Waals surface area (Å²) in [6.45, 7) is 4.96. The van der Waals surface area contributed by atoms with Gasteiger partial charge < -0.3 is 19.3 Å². The molecule has 1 fully saturated rings. The van der Waals surface area contributed by atoms with Crippen LogP contribution in [-0.2, 0) is 15.6 Å². The fraction of sp³-hybridized carbons (Fsp3) is 0.278. The van der Waals surface area contributed by atoms with Crippen molar-refractivity contribution in [2.75, 3.05) is 34.3 Å². The van der Waals surface area contributed by atoms with Gasteiger partial charge in [-0.15, -0.1) is 0 Å². The van der Waals surface area contributed by atoms with Gasteiger partial charge in [-0.05, 0) is 78.6 Å². The van der Waals surface area contributed by atoms with E-state index in [0.717, 1.165) is 16.7 Å². The van der Waals surface area contributed by atoms with E-state index >= 15 is 0 Å². The first-order valence-electron chi connectivity index (χ1n) is 14.8. The third-order valence-corrected chi connectivity index (χ3v) is 9.66. The quantitative estimate of drug-likeness (QED) is 0.228. The molecular formula is C36H38N2O6S. The number of benzene rings is 4. The van der Waals surface area contributed by atoms with Crippen LogP contribution in [0.15, 0.2) is 89.8 Å². The molecule has 0 aliphatic carbocycles. The van der Waals surface area contributed by atoms with Crippen molar-refractivity contribution in [2.45, 2.75) is 37.0 Å². The van der Waals surface area contributed by atoms with E-state index in [1.54, 1.807) is 74.8 Å². The number of hydrogen-bond donors (Lipinski definition) is 0. The Labute approximate surface area is 265 Å². The van der Waals surface area contributed by atoms with Crippen LogP contribution >= 0.6 is 0 Å². The molecule has 5 rings (SSSR count). The highest BCUT2D eigenvalue weighted by Crippen LogP contribution is 2.33. The van der Waals surface area contributed by atoms with Crippen molar-refractivity contribution < 1.29 is 27.5 Å². The Morgan fingerprint density at radius 2 is 1.67 bits per heavy atom.